The molecule has 0 bridgehead atoms. The number of hydrogen-bond acceptors (Lipinski definition) is 4. The van der Waals surface area contributed by atoms with E-state index in [2.05, 4.69) is 4.98 Å². The molecule has 0 amide bonds. The average Bonchev–Trinajstić information content (AvgIpc) is 2.58. The first-order chi connectivity index (χ1) is 12.7. The molecule has 0 saturated heterocycles. The molecule has 0 aliphatic carbocycles. The smallest absolute Gasteiger partial charge is 0.417 e. The number of halogens is 5. The molecule has 4 rings (SSSR count). The van der Waals surface area contributed by atoms with Crippen molar-refractivity contribution in [1.82, 2.24) is 9.55 Å². The molecule has 0 saturated carbocycles. The number of nitrogens with two attached hydrogens (primary N) is 1. The lowest BCUT2D eigenvalue weighted by atomic mass is 9.94. The second-order valence-corrected chi connectivity index (χ2v) is 5.93. The number of nitrogens with zero attached hydrogens (tertiary/aromatic N) is 2. The molecule has 27 heavy (non-hydrogen) atoms. The molecular formula is C17H10F5N3O2. The molecule has 0 fully saturated rings. The van der Waals surface area contributed by atoms with Crippen LogP contribution in [-0.2, 0) is 12.7 Å². The fourth-order valence-corrected chi connectivity index (χ4v) is 3.20. The predicted molar refractivity (Wildman–Crippen MR) is 86.3 cm³/mol. The third-order valence-electron chi connectivity index (χ3n) is 4.32. The second kappa shape index (κ2) is 5.66. The number of ether oxygens (including phenoxy) is 1. The second-order valence-electron chi connectivity index (χ2n) is 5.93. The molecular weight excluding hydrogens is 373 g/mol. The van der Waals surface area contributed by atoms with Gasteiger partial charge < -0.3 is 10.5 Å². The molecule has 2 aromatic carbocycles. The molecule has 5 nitrogen and oxygen atoms in total. The van der Waals surface area contributed by atoms with Crippen LogP contribution in [0.3, 0.4) is 0 Å². The highest BCUT2D eigenvalue weighted by atomic mass is 19.4. The molecule has 10 heteroatoms. The van der Waals surface area contributed by atoms with E-state index in [0.717, 1.165) is 16.7 Å². The molecule has 0 unspecified atom stereocenters. The van der Waals surface area contributed by atoms with Gasteiger partial charge in [-0.15, -0.1) is 0 Å². The first-order valence-electron chi connectivity index (χ1n) is 7.71. The van der Waals surface area contributed by atoms with E-state index in [4.69, 9.17) is 10.5 Å². The summed E-state index contributed by atoms with van der Waals surface area (Å²) in [6.07, 6.45) is -4.89. The number of aromatic nitrogens is 2. The number of nitrogen functional groups attached to an aromatic ring is 1. The zero-order valence-electron chi connectivity index (χ0n) is 13.4. The third kappa shape index (κ3) is 2.59. The third-order valence-corrected chi connectivity index (χ3v) is 4.32. The Labute approximate surface area is 147 Å². The molecule has 2 heterocycles. The van der Waals surface area contributed by atoms with Crippen LogP contribution in [-0.4, -0.2) is 16.2 Å². The van der Waals surface area contributed by atoms with Crippen LogP contribution in [0, 0.1) is 11.6 Å². The van der Waals surface area contributed by atoms with Crippen molar-refractivity contribution in [2.75, 3.05) is 12.3 Å². The Morgan fingerprint density at radius 3 is 2.59 bits per heavy atom. The summed E-state index contributed by atoms with van der Waals surface area (Å²) in [5.74, 6) is -2.87. The lowest BCUT2D eigenvalue weighted by Crippen LogP contribution is -2.30. The maximum atomic E-state index is 14.3. The summed E-state index contributed by atoms with van der Waals surface area (Å²) in [6.45, 7) is -0.0724. The van der Waals surface area contributed by atoms with Gasteiger partial charge in [-0.05, 0) is 18.2 Å². The van der Waals surface area contributed by atoms with Crippen molar-refractivity contribution >= 4 is 16.7 Å². The maximum Gasteiger partial charge on any atom is 0.417 e. The van der Waals surface area contributed by atoms with Crippen molar-refractivity contribution in [1.29, 1.82) is 0 Å². The number of benzene rings is 2. The van der Waals surface area contributed by atoms with Crippen LogP contribution in [0.2, 0.25) is 0 Å². The van der Waals surface area contributed by atoms with Gasteiger partial charge in [-0.1, -0.05) is 0 Å². The predicted octanol–water partition coefficient (Wildman–Crippen LogP) is 3.34. The number of alkyl halides is 3. The fraction of sp³-hybridized carbons (Fsp3) is 0.176. The van der Waals surface area contributed by atoms with Crippen LogP contribution in [0.25, 0.3) is 22.0 Å². The molecule has 2 N–H and O–H groups in total. The van der Waals surface area contributed by atoms with E-state index in [1.165, 1.54) is 0 Å². The van der Waals surface area contributed by atoms with Crippen LogP contribution in [0.5, 0.6) is 5.75 Å². The minimum Gasteiger partial charge on any atom is -0.489 e. The number of hydrogen-bond donors (Lipinski definition) is 1. The van der Waals surface area contributed by atoms with Crippen molar-refractivity contribution in [3.8, 4) is 16.9 Å². The van der Waals surface area contributed by atoms with Crippen LogP contribution in [0.15, 0.2) is 29.1 Å². The van der Waals surface area contributed by atoms with Gasteiger partial charge in [0.05, 0.1) is 17.6 Å². The highest BCUT2D eigenvalue weighted by Crippen LogP contribution is 2.48. The summed E-state index contributed by atoms with van der Waals surface area (Å²) >= 11 is 0. The molecule has 1 aromatic heterocycles. The van der Waals surface area contributed by atoms with Gasteiger partial charge in [0, 0.05) is 22.6 Å². The molecule has 0 atom stereocenters. The maximum absolute atomic E-state index is 14.3. The minimum absolute atomic E-state index is 0.00882. The Bertz CT molecular complexity index is 1150. The van der Waals surface area contributed by atoms with Crippen molar-refractivity contribution in [2.24, 2.45) is 0 Å². The van der Waals surface area contributed by atoms with Gasteiger partial charge in [-0.25, -0.2) is 13.6 Å². The van der Waals surface area contributed by atoms with Gasteiger partial charge in [0.15, 0.2) is 5.75 Å². The molecule has 1 aliphatic rings. The monoisotopic (exact) mass is 383 g/mol. The zero-order valence-corrected chi connectivity index (χ0v) is 13.4. The van der Waals surface area contributed by atoms with Crippen LogP contribution < -0.4 is 16.2 Å². The van der Waals surface area contributed by atoms with E-state index < -0.39 is 46.0 Å². The van der Waals surface area contributed by atoms with E-state index in [1.54, 1.807) is 0 Å². The van der Waals surface area contributed by atoms with Gasteiger partial charge in [0.25, 0.3) is 0 Å². The van der Waals surface area contributed by atoms with E-state index in [9.17, 15) is 26.7 Å². The molecule has 1 aliphatic heterocycles. The molecule has 140 valence electrons. The van der Waals surface area contributed by atoms with Gasteiger partial charge in [0.2, 0.25) is 0 Å². The normalized spacial score (nSPS) is 13.7. The van der Waals surface area contributed by atoms with Crippen molar-refractivity contribution < 1.29 is 26.7 Å². The first kappa shape index (κ1) is 17.3. The topological polar surface area (TPSA) is 70.1 Å². The van der Waals surface area contributed by atoms with Crippen LogP contribution >= 0.6 is 0 Å². The van der Waals surface area contributed by atoms with Gasteiger partial charge in [-0.3, -0.25) is 4.57 Å². The van der Waals surface area contributed by atoms with Crippen LogP contribution in [0.1, 0.15) is 5.56 Å². The van der Waals surface area contributed by atoms with Crippen molar-refractivity contribution in [3.63, 3.8) is 0 Å². The number of anilines is 1. The largest absolute Gasteiger partial charge is 0.489 e. The van der Waals surface area contributed by atoms with E-state index >= 15 is 0 Å². The summed E-state index contributed by atoms with van der Waals surface area (Å²) in [5.41, 5.74) is 2.54. The van der Waals surface area contributed by atoms with Crippen molar-refractivity contribution in [2.45, 2.75) is 12.7 Å². The SMILES string of the molecule is Nc1nc(=O)n2c3c(c(-c4ccc(F)cc4F)c(C(F)(F)F)cc13)OCC2. The lowest BCUT2D eigenvalue weighted by Gasteiger charge is -2.25. The molecule has 3 aromatic rings. The van der Waals surface area contributed by atoms with E-state index in [1.807, 2.05) is 0 Å². The van der Waals surface area contributed by atoms with Crippen LogP contribution in [0.4, 0.5) is 27.8 Å². The summed E-state index contributed by atoms with van der Waals surface area (Å²) in [5, 5.41) is -0.136. The van der Waals surface area contributed by atoms with Gasteiger partial charge >= 0.3 is 11.9 Å². The standard InChI is InChI=1S/C17H10F5N3O2/c18-7-1-2-8(11(19)5-7)12-10(17(20,21)22)6-9-13-14(12)27-4-3-25(13)16(26)24-15(9)23/h1-2,5-6H,3-4H2,(H2,23,24,26). The first-order valence-corrected chi connectivity index (χ1v) is 7.71. The minimum atomic E-state index is -4.89. The van der Waals surface area contributed by atoms with Crippen molar-refractivity contribution in [3.05, 3.63) is 51.9 Å². The van der Waals surface area contributed by atoms with Gasteiger partial charge in [0.1, 0.15) is 24.1 Å². The Morgan fingerprint density at radius 2 is 1.93 bits per heavy atom. The summed E-state index contributed by atoms with van der Waals surface area (Å²) in [7, 11) is 0. The highest BCUT2D eigenvalue weighted by molar-refractivity contribution is 5.99. The highest BCUT2D eigenvalue weighted by Gasteiger charge is 2.38. The molecule has 0 spiro atoms. The molecule has 0 radical (unpaired) electrons. The Hall–Kier alpha value is -3.17. The zero-order chi connectivity index (χ0) is 19.5. The summed E-state index contributed by atoms with van der Waals surface area (Å²) < 4.78 is 75.3. The summed E-state index contributed by atoms with van der Waals surface area (Å²) in [4.78, 5) is 15.6. The quantitative estimate of drug-likeness (QED) is 0.655. The Balaban J connectivity index is 2.23. The number of rotatable bonds is 1. The fourth-order valence-electron chi connectivity index (χ4n) is 3.20. The average molecular weight is 383 g/mol. The van der Waals surface area contributed by atoms with Gasteiger partial charge in [-0.2, -0.15) is 18.2 Å². The Kier molecular flexibility index (Phi) is 3.62. The van der Waals surface area contributed by atoms with E-state index in [0.29, 0.717) is 12.1 Å². The summed E-state index contributed by atoms with van der Waals surface area (Å²) in [6, 6.07) is 2.90. The Morgan fingerprint density at radius 1 is 1.19 bits per heavy atom. The lowest BCUT2D eigenvalue weighted by molar-refractivity contribution is -0.137. The van der Waals surface area contributed by atoms with E-state index in [-0.39, 0.29) is 29.8 Å².